The van der Waals surface area contributed by atoms with Crippen molar-refractivity contribution < 1.29 is 4.79 Å². The number of hydrogen-bond donors (Lipinski definition) is 1. The van der Waals surface area contributed by atoms with E-state index in [4.69, 9.17) is 0 Å². The second kappa shape index (κ2) is 6.34. The molecule has 0 radical (unpaired) electrons. The third kappa shape index (κ3) is 2.57. The first-order valence-corrected chi connectivity index (χ1v) is 8.97. The summed E-state index contributed by atoms with van der Waals surface area (Å²) < 4.78 is 2.02. The molecule has 4 rings (SSSR count). The fourth-order valence-electron chi connectivity index (χ4n) is 3.74. The number of benzene rings is 1. The molecular formula is C20H21N5O. The van der Waals surface area contributed by atoms with Crippen molar-refractivity contribution >= 4 is 28.4 Å². The molecule has 1 unspecified atom stereocenters. The number of anilines is 1. The summed E-state index contributed by atoms with van der Waals surface area (Å²) in [5.41, 5.74) is 4.02. The van der Waals surface area contributed by atoms with Gasteiger partial charge in [0.25, 0.3) is 0 Å². The Morgan fingerprint density at radius 3 is 3.00 bits per heavy atom. The van der Waals surface area contributed by atoms with Crippen LogP contribution in [-0.2, 0) is 4.79 Å². The van der Waals surface area contributed by atoms with Crippen LogP contribution in [0.25, 0.3) is 16.7 Å². The molecule has 0 bridgehead atoms. The predicted molar refractivity (Wildman–Crippen MR) is 101 cm³/mol. The molecule has 2 aromatic heterocycles. The number of nitrogens with one attached hydrogen (secondary N) is 1. The molecule has 6 heteroatoms. The number of carbonyl (C=O) groups excluding carboxylic acids is 1. The van der Waals surface area contributed by atoms with Gasteiger partial charge in [0, 0.05) is 25.6 Å². The van der Waals surface area contributed by atoms with Gasteiger partial charge in [-0.05, 0) is 37.1 Å². The summed E-state index contributed by atoms with van der Waals surface area (Å²) in [4.78, 5) is 18.5. The Balaban J connectivity index is 1.78. The number of likely N-dealkylation sites (tertiary alicyclic amines) is 1. The Kier molecular flexibility index (Phi) is 4.00. The number of rotatable bonds is 3. The molecule has 1 atom stereocenters. The minimum Gasteiger partial charge on any atom is -0.367 e. The third-order valence-electron chi connectivity index (χ3n) is 5.08. The number of nitrogens with zero attached hydrogens (tertiary/aromatic N) is 4. The van der Waals surface area contributed by atoms with Gasteiger partial charge in [0.15, 0.2) is 5.65 Å². The van der Waals surface area contributed by atoms with E-state index in [9.17, 15) is 10.1 Å². The van der Waals surface area contributed by atoms with Crippen molar-refractivity contribution in [1.82, 2.24) is 14.3 Å². The lowest BCUT2D eigenvalue weighted by Gasteiger charge is -2.19. The fraction of sp³-hybridized carbons (Fsp3) is 0.350. The fourth-order valence-corrected chi connectivity index (χ4v) is 3.74. The standard InChI is InChI=1S/C20H21N5O/c1-3-19(26)24-9-8-14(12-24)22-18-10-13(2)15(11-21)20-23-16-6-4-5-7-17(16)25(18)20/h4-7,10,14,22H,3,8-9,12H2,1-2H3. The van der Waals surface area contributed by atoms with Crippen molar-refractivity contribution in [1.29, 1.82) is 5.26 Å². The van der Waals surface area contributed by atoms with Crippen LogP contribution in [0.2, 0.25) is 0 Å². The molecule has 1 aromatic carbocycles. The van der Waals surface area contributed by atoms with Crippen LogP contribution in [0.4, 0.5) is 5.82 Å². The summed E-state index contributed by atoms with van der Waals surface area (Å²) in [5, 5.41) is 13.2. The second-order valence-electron chi connectivity index (χ2n) is 6.78. The van der Waals surface area contributed by atoms with E-state index in [0.717, 1.165) is 35.4 Å². The maximum atomic E-state index is 11.9. The van der Waals surface area contributed by atoms with E-state index in [1.165, 1.54) is 0 Å². The average molecular weight is 347 g/mol. The van der Waals surface area contributed by atoms with Crippen molar-refractivity contribution in [2.75, 3.05) is 18.4 Å². The molecule has 0 spiro atoms. The summed E-state index contributed by atoms with van der Waals surface area (Å²) in [5.74, 6) is 1.12. The molecule has 1 aliphatic rings. The summed E-state index contributed by atoms with van der Waals surface area (Å²) >= 11 is 0. The van der Waals surface area contributed by atoms with E-state index >= 15 is 0 Å². The molecule has 6 nitrogen and oxygen atoms in total. The summed E-state index contributed by atoms with van der Waals surface area (Å²) in [6.45, 7) is 5.33. The summed E-state index contributed by atoms with van der Waals surface area (Å²) in [7, 11) is 0. The molecule has 132 valence electrons. The number of para-hydroxylation sites is 2. The Labute approximate surface area is 152 Å². The Bertz CT molecular complexity index is 1050. The van der Waals surface area contributed by atoms with Gasteiger partial charge in [-0.15, -0.1) is 0 Å². The van der Waals surface area contributed by atoms with Gasteiger partial charge in [-0.2, -0.15) is 5.26 Å². The third-order valence-corrected chi connectivity index (χ3v) is 5.08. The highest BCUT2D eigenvalue weighted by atomic mass is 16.2. The zero-order valence-electron chi connectivity index (χ0n) is 15.0. The van der Waals surface area contributed by atoms with Gasteiger partial charge in [-0.3, -0.25) is 9.20 Å². The van der Waals surface area contributed by atoms with E-state index in [0.29, 0.717) is 24.2 Å². The smallest absolute Gasteiger partial charge is 0.222 e. The summed E-state index contributed by atoms with van der Waals surface area (Å²) in [6, 6.07) is 12.4. The summed E-state index contributed by atoms with van der Waals surface area (Å²) in [6.07, 6.45) is 1.46. The Morgan fingerprint density at radius 2 is 2.23 bits per heavy atom. The number of nitriles is 1. The molecule has 1 aliphatic heterocycles. The topological polar surface area (TPSA) is 73.4 Å². The highest BCUT2D eigenvalue weighted by molar-refractivity contribution is 5.85. The van der Waals surface area contributed by atoms with Crippen LogP contribution in [0.1, 0.15) is 30.9 Å². The van der Waals surface area contributed by atoms with Gasteiger partial charge in [0.05, 0.1) is 16.6 Å². The first-order chi connectivity index (χ1) is 12.6. The van der Waals surface area contributed by atoms with E-state index in [2.05, 4.69) is 16.4 Å². The first-order valence-electron chi connectivity index (χ1n) is 8.97. The van der Waals surface area contributed by atoms with Gasteiger partial charge < -0.3 is 10.2 Å². The van der Waals surface area contributed by atoms with Crippen molar-refractivity contribution in [3.8, 4) is 6.07 Å². The lowest BCUT2D eigenvalue weighted by Crippen LogP contribution is -2.31. The minimum absolute atomic E-state index is 0.196. The van der Waals surface area contributed by atoms with Crippen LogP contribution in [-0.4, -0.2) is 39.3 Å². The number of amides is 1. The zero-order valence-corrected chi connectivity index (χ0v) is 15.0. The van der Waals surface area contributed by atoms with Gasteiger partial charge in [-0.1, -0.05) is 19.1 Å². The highest BCUT2D eigenvalue weighted by Gasteiger charge is 2.26. The predicted octanol–water partition coefficient (Wildman–Crippen LogP) is 3.09. The normalized spacial score (nSPS) is 17.0. The van der Waals surface area contributed by atoms with Crippen molar-refractivity contribution in [3.63, 3.8) is 0 Å². The Morgan fingerprint density at radius 1 is 1.42 bits per heavy atom. The zero-order chi connectivity index (χ0) is 18.3. The Hall–Kier alpha value is -3.07. The number of carbonyl (C=O) groups is 1. The lowest BCUT2D eigenvalue weighted by molar-refractivity contribution is -0.129. The molecule has 3 aromatic rings. The maximum absolute atomic E-state index is 11.9. The largest absolute Gasteiger partial charge is 0.367 e. The van der Waals surface area contributed by atoms with Crippen molar-refractivity contribution in [3.05, 3.63) is 41.5 Å². The van der Waals surface area contributed by atoms with Crippen molar-refractivity contribution in [2.24, 2.45) is 0 Å². The minimum atomic E-state index is 0.196. The lowest BCUT2D eigenvalue weighted by atomic mass is 10.1. The highest BCUT2D eigenvalue weighted by Crippen LogP contribution is 2.28. The van der Waals surface area contributed by atoms with Crippen LogP contribution >= 0.6 is 0 Å². The van der Waals surface area contributed by atoms with E-state index in [1.54, 1.807) is 0 Å². The molecule has 1 N–H and O–H groups in total. The van der Waals surface area contributed by atoms with Crippen LogP contribution in [0, 0.1) is 18.3 Å². The molecule has 0 saturated carbocycles. The van der Waals surface area contributed by atoms with Crippen LogP contribution in [0.15, 0.2) is 30.3 Å². The molecule has 3 heterocycles. The average Bonchev–Trinajstić information content (AvgIpc) is 3.25. The van der Waals surface area contributed by atoms with Gasteiger partial charge in [-0.25, -0.2) is 4.98 Å². The monoisotopic (exact) mass is 347 g/mol. The number of aromatic nitrogens is 2. The van der Waals surface area contributed by atoms with Gasteiger partial charge in [0.1, 0.15) is 11.9 Å². The van der Waals surface area contributed by atoms with E-state index in [-0.39, 0.29) is 11.9 Å². The number of fused-ring (bicyclic) bond motifs is 3. The quantitative estimate of drug-likeness (QED) is 0.790. The van der Waals surface area contributed by atoms with E-state index < -0.39 is 0 Å². The van der Waals surface area contributed by atoms with Gasteiger partial charge in [0.2, 0.25) is 5.91 Å². The number of aryl methyl sites for hydroxylation is 1. The van der Waals surface area contributed by atoms with Gasteiger partial charge >= 0.3 is 0 Å². The second-order valence-corrected chi connectivity index (χ2v) is 6.78. The van der Waals surface area contributed by atoms with Crippen molar-refractivity contribution in [2.45, 2.75) is 32.7 Å². The van der Waals surface area contributed by atoms with Crippen LogP contribution < -0.4 is 5.32 Å². The molecule has 1 saturated heterocycles. The molecule has 26 heavy (non-hydrogen) atoms. The first kappa shape index (κ1) is 16.4. The number of pyridine rings is 1. The number of imidazole rings is 1. The molecular weight excluding hydrogens is 326 g/mol. The van der Waals surface area contributed by atoms with E-state index in [1.807, 2.05) is 53.5 Å². The molecule has 1 amide bonds. The van der Waals surface area contributed by atoms with Crippen LogP contribution in [0.3, 0.4) is 0 Å². The molecule has 1 fully saturated rings. The number of hydrogen-bond acceptors (Lipinski definition) is 4. The SMILES string of the molecule is CCC(=O)N1CCC(Nc2cc(C)c(C#N)c3nc4ccccc4n23)C1. The molecule has 0 aliphatic carbocycles. The maximum Gasteiger partial charge on any atom is 0.222 e. The van der Waals surface area contributed by atoms with Crippen LogP contribution in [0.5, 0.6) is 0 Å².